The van der Waals surface area contributed by atoms with Crippen molar-refractivity contribution in [2.75, 3.05) is 13.1 Å². The van der Waals surface area contributed by atoms with E-state index in [-0.39, 0.29) is 23.9 Å². The van der Waals surface area contributed by atoms with E-state index < -0.39 is 5.82 Å². The summed E-state index contributed by atoms with van der Waals surface area (Å²) in [6, 6.07) is 6.76. The molecule has 0 bridgehead atoms. The number of nitrogens with zero attached hydrogens (tertiary/aromatic N) is 7. The Labute approximate surface area is 184 Å². The van der Waals surface area contributed by atoms with Crippen LogP contribution in [0.25, 0.3) is 11.4 Å². The number of likely N-dealkylation sites (tertiary alicyclic amines) is 1. The van der Waals surface area contributed by atoms with E-state index in [4.69, 9.17) is 4.74 Å². The molecule has 1 atom stereocenters. The van der Waals surface area contributed by atoms with Crippen molar-refractivity contribution in [3.8, 4) is 17.1 Å². The third-order valence-corrected chi connectivity index (χ3v) is 5.65. The summed E-state index contributed by atoms with van der Waals surface area (Å²) in [5.74, 6) is -0.434. The van der Waals surface area contributed by atoms with Gasteiger partial charge in [-0.15, -0.1) is 0 Å². The molecule has 0 aliphatic carbocycles. The summed E-state index contributed by atoms with van der Waals surface area (Å²) >= 11 is 0. The van der Waals surface area contributed by atoms with Crippen molar-refractivity contribution < 1.29 is 13.9 Å². The lowest BCUT2D eigenvalue weighted by Gasteiger charge is -2.40. The molecule has 5 rings (SSSR count). The Kier molecular flexibility index (Phi) is 5.04. The Morgan fingerprint density at radius 1 is 1.22 bits per heavy atom. The van der Waals surface area contributed by atoms with E-state index in [0.29, 0.717) is 25.2 Å². The normalized spacial score (nSPS) is 18.2. The molecule has 0 aromatic carbocycles. The van der Waals surface area contributed by atoms with Crippen molar-refractivity contribution in [3.05, 3.63) is 59.9 Å². The number of hydrogen-bond acceptors (Lipinski definition) is 6. The van der Waals surface area contributed by atoms with Gasteiger partial charge in [-0.3, -0.25) is 14.6 Å². The van der Waals surface area contributed by atoms with Crippen LogP contribution >= 0.6 is 0 Å². The van der Waals surface area contributed by atoms with Crippen LogP contribution in [0.3, 0.4) is 0 Å². The van der Waals surface area contributed by atoms with Gasteiger partial charge in [-0.05, 0) is 24.6 Å². The van der Waals surface area contributed by atoms with Crippen LogP contribution in [0.1, 0.15) is 23.7 Å². The molecule has 0 saturated carbocycles. The van der Waals surface area contributed by atoms with Crippen molar-refractivity contribution in [2.24, 2.45) is 12.1 Å². The molecule has 2 aliphatic heterocycles. The lowest BCUT2D eigenvalue weighted by molar-refractivity contribution is 0.0255. The average molecular weight is 435 g/mol. The van der Waals surface area contributed by atoms with E-state index >= 15 is 0 Å². The van der Waals surface area contributed by atoms with E-state index in [0.717, 1.165) is 23.1 Å². The second kappa shape index (κ2) is 8.03. The zero-order chi connectivity index (χ0) is 22.2. The second-order valence-corrected chi connectivity index (χ2v) is 7.88. The second-order valence-electron chi connectivity index (χ2n) is 7.88. The molecule has 10 heteroatoms. The van der Waals surface area contributed by atoms with Gasteiger partial charge in [0.05, 0.1) is 42.6 Å². The number of aromatic nitrogens is 4. The first-order valence-corrected chi connectivity index (χ1v) is 10.3. The first-order valence-electron chi connectivity index (χ1n) is 10.3. The minimum Gasteiger partial charge on any atom is -0.483 e. The van der Waals surface area contributed by atoms with Gasteiger partial charge in [0.15, 0.2) is 11.6 Å². The Hall–Kier alpha value is -3.82. The standard InChI is InChI=1S/C22H22FN7O2/c1-14-10-27-28(2)21(14)18-9-20(16(23)11-25-18)32-15-12-29(13-15)22(31)30-19(6-8-26-30)17-5-3-4-7-24-17/h3-5,7-11,15,19H,6,12-13H2,1-2H3. The molecule has 0 N–H and O–H groups in total. The maximum Gasteiger partial charge on any atom is 0.341 e. The zero-order valence-electron chi connectivity index (χ0n) is 17.7. The largest absolute Gasteiger partial charge is 0.483 e. The van der Waals surface area contributed by atoms with Gasteiger partial charge in [0.2, 0.25) is 0 Å². The van der Waals surface area contributed by atoms with Gasteiger partial charge in [0.25, 0.3) is 0 Å². The molecule has 1 saturated heterocycles. The number of ether oxygens (including phenoxy) is 1. The van der Waals surface area contributed by atoms with Crippen molar-refractivity contribution in [1.82, 2.24) is 29.7 Å². The predicted molar refractivity (Wildman–Crippen MR) is 114 cm³/mol. The molecular weight excluding hydrogens is 413 g/mol. The van der Waals surface area contributed by atoms with Crippen LogP contribution in [-0.4, -0.2) is 61.1 Å². The van der Waals surface area contributed by atoms with E-state index in [1.54, 1.807) is 34.3 Å². The summed E-state index contributed by atoms with van der Waals surface area (Å²) < 4.78 is 21.9. The number of urea groups is 1. The minimum absolute atomic E-state index is 0.109. The zero-order valence-corrected chi connectivity index (χ0v) is 17.7. The quantitative estimate of drug-likeness (QED) is 0.629. The molecule has 5 heterocycles. The molecule has 0 spiro atoms. The summed E-state index contributed by atoms with van der Waals surface area (Å²) in [5.41, 5.74) is 3.11. The Bertz CT molecular complexity index is 1150. The van der Waals surface area contributed by atoms with Crippen molar-refractivity contribution in [1.29, 1.82) is 0 Å². The number of halogens is 1. The Morgan fingerprint density at radius 3 is 2.78 bits per heavy atom. The molecular formula is C22H22FN7O2. The number of hydrogen-bond donors (Lipinski definition) is 0. The van der Waals surface area contributed by atoms with Gasteiger partial charge in [0, 0.05) is 31.9 Å². The SMILES string of the molecule is Cc1cnn(C)c1-c1cc(OC2CN(C(=O)N3N=CCC3c3ccccn3)C2)c(F)cn1. The van der Waals surface area contributed by atoms with Crippen molar-refractivity contribution in [2.45, 2.75) is 25.5 Å². The predicted octanol–water partition coefficient (Wildman–Crippen LogP) is 2.94. The number of carbonyl (C=O) groups excluding carboxylic acids is 1. The average Bonchev–Trinajstić information content (AvgIpc) is 3.39. The first kappa shape index (κ1) is 20.1. The van der Waals surface area contributed by atoms with E-state index in [1.165, 1.54) is 5.01 Å². The van der Waals surface area contributed by atoms with Crippen LogP contribution in [0.4, 0.5) is 9.18 Å². The third kappa shape index (κ3) is 3.57. The number of rotatable bonds is 4. The van der Waals surface area contributed by atoms with Crippen LogP contribution in [-0.2, 0) is 7.05 Å². The van der Waals surface area contributed by atoms with Gasteiger partial charge in [0.1, 0.15) is 12.1 Å². The number of amides is 2. The highest BCUT2D eigenvalue weighted by Gasteiger charge is 2.39. The lowest BCUT2D eigenvalue weighted by atomic mass is 10.1. The number of aryl methyl sites for hydroxylation is 2. The minimum atomic E-state index is -0.544. The van der Waals surface area contributed by atoms with Gasteiger partial charge in [-0.1, -0.05) is 6.07 Å². The number of carbonyl (C=O) groups is 1. The molecule has 32 heavy (non-hydrogen) atoms. The third-order valence-electron chi connectivity index (χ3n) is 5.65. The molecule has 9 nitrogen and oxygen atoms in total. The van der Waals surface area contributed by atoms with E-state index in [1.807, 2.05) is 32.2 Å². The molecule has 0 radical (unpaired) electrons. The van der Waals surface area contributed by atoms with Gasteiger partial charge in [-0.2, -0.15) is 10.2 Å². The molecule has 2 aliphatic rings. The summed E-state index contributed by atoms with van der Waals surface area (Å²) in [4.78, 5) is 23.1. The highest BCUT2D eigenvalue weighted by Crippen LogP contribution is 2.31. The molecule has 2 amide bonds. The lowest BCUT2D eigenvalue weighted by Crippen LogP contribution is -2.58. The van der Waals surface area contributed by atoms with Crippen LogP contribution in [0, 0.1) is 12.7 Å². The Balaban J connectivity index is 1.24. The van der Waals surface area contributed by atoms with Crippen LogP contribution < -0.4 is 4.74 Å². The monoisotopic (exact) mass is 435 g/mol. The fourth-order valence-electron chi connectivity index (χ4n) is 3.97. The maximum atomic E-state index is 14.3. The molecule has 164 valence electrons. The molecule has 3 aromatic rings. The smallest absolute Gasteiger partial charge is 0.341 e. The molecule has 1 unspecified atom stereocenters. The van der Waals surface area contributed by atoms with Crippen LogP contribution in [0.5, 0.6) is 5.75 Å². The van der Waals surface area contributed by atoms with Crippen LogP contribution in [0.2, 0.25) is 0 Å². The van der Waals surface area contributed by atoms with Crippen molar-refractivity contribution >= 4 is 12.2 Å². The fourth-order valence-corrected chi connectivity index (χ4v) is 3.97. The van der Waals surface area contributed by atoms with Gasteiger partial charge >= 0.3 is 6.03 Å². The van der Waals surface area contributed by atoms with Crippen molar-refractivity contribution in [3.63, 3.8) is 0 Å². The molecule has 3 aromatic heterocycles. The summed E-state index contributed by atoms with van der Waals surface area (Å²) in [7, 11) is 1.81. The topological polar surface area (TPSA) is 88.7 Å². The number of hydrazone groups is 1. The highest BCUT2D eigenvalue weighted by molar-refractivity contribution is 5.79. The van der Waals surface area contributed by atoms with E-state index in [9.17, 15) is 9.18 Å². The summed E-state index contributed by atoms with van der Waals surface area (Å²) in [6.07, 6.45) is 6.61. The fraction of sp³-hybridized carbons (Fsp3) is 0.318. The maximum absolute atomic E-state index is 14.3. The van der Waals surface area contributed by atoms with Gasteiger partial charge in [-0.25, -0.2) is 14.2 Å². The van der Waals surface area contributed by atoms with Gasteiger partial charge < -0.3 is 9.64 Å². The highest BCUT2D eigenvalue weighted by atomic mass is 19.1. The van der Waals surface area contributed by atoms with E-state index in [2.05, 4.69) is 20.2 Å². The summed E-state index contributed by atoms with van der Waals surface area (Å²) in [6.45, 7) is 2.62. The number of pyridine rings is 2. The summed E-state index contributed by atoms with van der Waals surface area (Å²) in [5, 5.41) is 9.89. The molecule has 1 fully saturated rings. The van der Waals surface area contributed by atoms with Crippen LogP contribution in [0.15, 0.2) is 48.0 Å². The first-order chi connectivity index (χ1) is 15.5. The Morgan fingerprint density at radius 2 is 2.06 bits per heavy atom.